The summed E-state index contributed by atoms with van der Waals surface area (Å²) in [6.07, 6.45) is 3.83. The van der Waals surface area contributed by atoms with E-state index in [2.05, 4.69) is 45.9 Å². The Morgan fingerprint density at radius 2 is 1.49 bits per heavy atom. The molecule has 0 N–H and O–H groups in total. The molecule has 5 rings (SSSR count). The van der Waals surface area contributed by atoms with Crippen LogP contribution in [0.2, 0.25) is 0 Å². The second kappa shape index (κ2) is 14.7. The first kappa shape index (κ1) is 34.8. The Kier molecular flexibility index (Phi) is 10.9. The minimum Gasteiger partial charge on any atom is -0.493 e. The van der Waals surface area contributed by atoms with Crippen LogP contribution in [0.25, 0.3) is 0 Å². The predicted octanol–water partition coefficient (Wildman–Crippen LogP) is 4.85. The summed E-state index contributed by atoms with van der Waals surface area (Å²) in [5.41, 5.74) is 3.93. The number of rotatable bonds is 11. The number of amides is 1. The summed E-state index contributed by atoms with van der Waals surface area (Å²) >= 11 is 0. The molecule has 2 heterocycles. The van der Waals surface area contributed by atoms with Crippen LogP contribution in [0.1, 0.15) is 67.8 Å². The normalized spacial score (nSPS) is 24.0. The van der Waals surface area contributed by atoms with E-state index in [0.717, 1.165) is 36.2 Å². The predicted molar refractivity (Wildman–Crippen MR) is 181 cm³/mol. The molecule has 2 aromatic carbocycles. The van der Waals surface area contributed by atoms with E-state index in [1.165, 1.54) is 5.56 Å². The van der Waals surface area contributed by atoms with Crippen molar-refractivity contribution >= 4 is 11.9 Å². The van der Waals surface area contributed by atoms with Crippen LogP contribution in [0.3, 0.4) is 0 Å². The Morgan fingerprint density at radius 3 is 2.11 bits per heavy atom. The van der Waals surface area contributed by atoms with Gasteiger partial charge in [-0.2, -0.15) is 0 Å². The summed E-state index contributed by atoms with van der Waals surface area (Å²) in [5.74, 6) is 2.26. The summed E-state index contributed by atoms with van der Waals surface area (Å²) in [7, 11) is 10.6. The maximum atomic E-state index is 14.5. The van der Waals surface area contributed by atoms with Crippen molar-refractivity contribution in [2.45, 2.75) is 64.0 Å². The van der Waals surface area contributed by atoms with Gasteiger partial charge in [-0.3, -0.25) is 14.5 Å². The quantitative estimate of drug-likeness (QED) is 0.317. The molecule has 2 aliphatic heterocycles. The summed E-state index contributed by atoms with van der Waals surface area (Å²) in [5, 5.41) is 0. The highest BCUT2D eigenvalue weighted by molar-refractivity contribution is 5.79. The van der Waals surface area contributed by atoms with Crippen molar-refractivity contribution in [1.29, 1.82) is 0 Å². The number of ether oxygens (including phenoxy) is 5. The minimum absolute atomic E-state index is 0.0935. The Balaban J connectivity index is 1.79. The molecule has 2 aromatic rings. The number of hydrogen-bond acceptors (Lipinski definition) is 9. The molecule has 47 heavy (non-hydrogen) atoms. The fourth-order valence-corrected chi connectivity index (χ4v) is 8.50. The molecular weight excluding hydrogens is 598 g/mol. The van der Waals surface area contributed by atoms with Crippen LogP contribution >= 0.6 is 0 Å². The molecule has 1 saturated carbocycles. The van der Waals surface area contributed by atoms with Crippen molar-refractivity contribution in [1.82, 2.24) is 14.7 Å². The Hall–Kier alpha value is -3.50. The number of methoxy groups -OCH3 is 4. The molecular formula is C37H53N3O7. The van der Waals surface area contributed by atoms with Crippen molar-refractivity contribution in [2.24, 2.45) is 11.8 Å². The van der Waals surface area contributed by atoms with Gasteiger partial charge in [0.25, 0.3) is 0 Å². The molecule has 0 saturated heterocycles. The molecule has 0 radical (unpaired) electrons. The van der Waals surface area contributed by atoms with E-state index in [1.807, 2.05) is 21.0 Å². The van der Waals surface area contributed by atoms with E-state index < -0.39 is 5.54 Å². The summed E-state index contributed by atoms with van der Waals surface area (Å²) in [6.45, 7) is 7.32. The van der Waals surface area contributed by atoms with Crippen molar-refractivity contribution in [3.8, 4) is 23.0 Å². The van der Waals surface area contributed by atoms with Gasteiger partial charge in [0.05, 0.1) is 46.5 Å². The van der Waals surface area contributed by atoms with Crippen LogP contribution in [-0.4, -0.2) is 102 Å². The third kappa shape index (κ3) is 6.38. The van der Waals surface area contributed by atoms with E-state index in [0.29, 0.717) is 74.8 Å². The number of fused-ring (bicyclic) bond motifs is 3. The van der Waals surface area contributed by atoms with Crippen LogP contribution in [0.15, 0.2) is 24.3 Å². The number of carbonyl (C=O) groups excluding carboxylic acids is 2. The number of carbonyl (C=O) groups is 2. The van der Waals surface area contributed by atoms with E-state index >= 15 is 0 Å². The molecule has 1 fully saturated rings. The topological polar surface area (TPSA) is 90.0 Å². The standard InChI is InChI=1S/C37H53N3O7/c1-9-39-17-12-24-20-30(43-5)32(45-7)22-27(24)35(39)29-19-26(36(42)47-10-2)11-15-37(29)28-23-33(46-8)31(44-6)21-25(28)13-18-40(37)34(41)14-16-38(3)4/h20-23,26,29,35H,9-19H2,1-8H3/t26-,29-,35?,37+/m1/s1. The highest BCUT2D eigenvalue weighted by Crippen LogP contribution is 2.59. The van der Waals surface area contributed by atoms with E-state index in [-0.39, 0.29) is 29.8 Å². The molecule has 1 aliphatic carbocycles. The van der Waals surface area contributed by atoms with Gasteiger partial charge in [0, 0.05) is 38.0 Å². The second-order valence-electron chi connectivity index (χ2n) is 13.2. The van der Waals surface area contributed by atoms with Crippen molar-refractivity contribution in [3.63, 3.8) is 0 Å². The van der Waals surface area contributed by atoms with E-state index in [9.17, 15) is 9.59 Å². The molecule has 10 nitrogen and oxygen atoms in total. The number of hydrogen-bond donors (Lipinski definition) is 0. The van der Waals surface area contributed by atoms with Gasteiger partial charge in [-0.05, 0) is 106 Å². The van der Waals surface area contributed by atoms with Gasteiger partial charge in [0.2, 0.25) is 5.91 Å². The van der Waals surface area contributed by atoms with Crippen molar-refractivity contribution < 1.29 is 33.3 Å². The van der Waals surface area contributed by atoms with Crippen LogP contribution in [0, 0.1) is 11.8 Å². The van der Waals surface area contributed by atoms with Crippen LogP contribution in [0.5, 0.6) is 23.0 Å². The summed E-state index contributed by atoms with van der Waals surface area (Å²) in [4.78, 5) is 34.7. The lowest BCUT2D eigenvalue weighted by molar-refractivity contribution is -0.159. The molecule has 1 amide bonds. The summed E-state index contributed by atoms with van der Waals surface area (Å²) in [6, 6.07) is 8.33. The average Bonchev–Trinajstić information content (AvgIpc) is 3.09. The van der Waals surface area contributed by atoms with Crippen LogP contribution < -0.4 is 18.9 Å². The lowest BCUT2D eigenvalue weighted by atomic mass is 9.58. The zero-order valence-electron chi connectivity index (χ0n) is 29.5. The first-order valence-electron chi connectivity index (χ1n) is 17.0. The number of esters is 1. The maximum absolute atomic E-state index is 14.5. The monoisotopic (exact) mass is 651 g/mol. The lowest BCUT2D eigenvalue weighted by Gasteiger charge is -2.59. The Labute approximate surface area is 280 Å². The summed E-state index contributed by atoms with van der Waals surface area (Å²) < 4.78 is 28.9. The zero-order valence-corrected chi connectivity index (χ0v) is 29.5. The average molecular weight is 652 g/mol. The molecule has 0 aromatic heterocycles. The van der Waals surface area contributed by atoms with Crippen LogP contribution in [0.4, 0.5) is 0 Å². The third-order valence-corrected chi connectivity index (χ3v) is 10.7. The van der Waals surface area contributed by atoms with Gasteiger partial charge in [0.15, 0.2) is 23.0 Å². The first-order chi connectivity index (χ1) is 22.7. The van der Waals surface area contributed by atoms with Gasteiger partial charge in [-0.1, -0.05) is 6.92 Å². The fraction of sp³-hybridized carbons (Fsp3) is 0.622. The van der Waals surface area contributed by atoms with Gasteiger partial charge < -0.3 is 33.5 Å². The van der Waals surface area contributed by atoms with E-state index in [4.69, 9.17) is 23.7 Å². The zero-order chi connectivity index (χ0) is 33.9. The lowest BCUT2D eigenvalue weighted by Crippen LogP contribution is -2.62. The molecule has 258 valence electrons. The second-order valence-corrected chi connectivity index (χ2v) is 13.2. The van der Waals surface area contributed by atoms with Crippen LogP contribution in [-0.2, 0) is 32.7 Å². The smallest absolute Gasteiger partial charge is 0.308 e. The third-order valence-electron chi connectivity index (χ3n) is 10.7. The number of benzene rings is 2. The largest absolute Gasteiger partial charge is 0.493 e. The highest BCUT2D eigenvalue weighted by atomic mass is 16.5. The molecule has 1 spiro atoms. The van der Waals surface area contributed by atoms with Gasteiger partial charge in [-0.25, -0.2) is 0 Å². The molecule has 3 aliphatic rings. The minimum atomic E-state index is -0.695. The molecule has 1 unspecified atom stereocenters. The van der Waals surface area contributed by atoms with Gasteiger partial charge >= 0.3 is 5.97 Å². The molecule has 4 atom stereocenters. The van der Waals surface area contributed by atoms with Gasteiger partial charge in [-0.15, -0.1) is 0 Å². The Bertz CT molecular complexity index is 1450. The Morgan fingerprint density at radius 1 is 0.872 bits per heavy atom. The van der Waals surface area contributed by atoms with Gasteiger partial charge in [0.1, 0.15) is 0 Å². The number of nitrogens with zero attached hydrogens (tertiary/aromatic N) is 3. The fourth-order valence-electron chi connectivity index (χ4n) is 8.50. The highest BCUT2D eigenvalue weighted by Gasteiger charge is 2.58. The van der Waals surface area contributed by atoms with Crippen molar-refractivity contribution in [3.05, 3.63) is 46.5 Å². The maximum Gasteiger partial charge on any atom is 0.308 e. The molecule has 10 heteroatoms. The number of likely N-dealkylation sites (N-methyl/N-ethyl adjacent to an activating group) is 1. The molecule has 0 bridgehead atoms. The van der Waals surface area contributed by atoms with Crippen molar-refractivity contribution in [2.75, 3.05) is 75.3 Å². The SMILES string of the molecule is CCOC(=O)[C@@H]1CC[C@]2(c3cc(OC)c(OC)cc3CCN2C(=O)CCN(C)C)[C@@H](C2c3cc(OC)c(OC)cc3CCN2CC)C1. The van der Waals surface area contributed by atoms with E-state index in [1.54, 1.807) is 28.4 Å². The first-order valence-corrected chi connectivity index (χ1v) is 17.0.